The molecule has 1 aromatic heterocycles. The summed E-state index contributed by atoms with van der Waals surface area (Å²) in [5.74, 6) is 1.25. The quantitative estimate of drug-likeness (QED) is 0.844. The van der Waals surface area contributed by atoms with Crippen LogP contribution >= 0.6 is 0 Å². The highest BCUT2D eigenvalue weighted by atomic mass is 16.5. The van der Waals surface area contributed by atoms with Crippen molar-refractivity contribution >= 4 is 22.8 Å². The van der Waals surface area contributed by atoms with E-state index in [4.69, 9.17) is 9.15 Å². The fourth-order valence-corrected chi connectivity index (χ4v) is 3.10. The number of hydrogen-bond acceptors (Lipinski definition) is 4. The molecule has 0 atom stereocenters. The van der Waals surface area contributed by atoms with E-state index in [1.54, 1.807) is 6.07 Å². The lowest BCUT2D eigenvalue weighted by Gasteiger charge is -2.10. The highest BCUT2D eigenvalue weighted by Gasteiger charge is 2.29. The summed E-state index contributed by atoms with van der Waals surface area (Å²) < 4.78 is 11.4. The van der Waals surface area contributed by atoms with Crippen LogP contribution in [0.3, 0.4) is 0 Å². The summed E-state index contributed by atoms with van der Waals surface area (Å²) in [5.41, 5.74) is 6.92. The van der Waals surface area contributed by atoms with Gasteiger partial charge >= 0.3 is 0 Å². The Balaban J connectivity index is 1.37. The van der Waals surface area contributed by atoms with Crippen LogP contribution in [0, 0.1) is 5.92 Å². The third-order valence-corrected chi connectivity index (χ3v) is 4.57. The molecule has 0 radical (unpaired) electrons. The smallest absolute Gasteiger partial charge is 0.276 e. The number of fused-ring (bicyclic) bond motifs is 3. The summed E-state index contributed by atoms with van der Waals surface area (Å²) in [6, 6.07) is 5.61. The minimum atomic E-state index is -0.377. The molecule has 2 amide bonds. The molecule has 6 heteroatoms. The fourth-order valence-electron chi connectivity index (χ4n) is 3.10. The highest BCUT2D eigenvalue weighted by molar-refractivity contribution is 5.86. The predicted octanol–water partition coefficient (Wildman–Crippen LogP) is 2.25. The largest absolute Gasteiger partial charge is 0.484 e. The van der Waals surface area contributed by atoms with Gasteiger partial charge in [0.05, 0.1) is 0 Å². The second-order valence-corrected chi connectivity index (χ2v) is 6.47. The van der Waals surface area contributed by atoms with Crippen LogP contribution in [-0.2, 0) is 22.4 Å². The second kappa shape index (κ2) is 6.19. The summed E-state index contributed by atoms with van der Waals surface area (Å²) in [4.78, 5) is 23.2. The minimum absolute atomic E-state index is 0.0564. The van der Waals surface area contributed by atoms with Gasteiger partial charge in [-0.1, -0.05) is 0 Å². The van der Waals surface area contributed by atoms with Gasteiger partial charge < -0.3 is 9.15 Å². The van der Waals surface area contributed by atoms with Gasteiger partial charge in [-0.2, -0.15) is 0 Å². The van der Waals surface area contributed by atoms with E-state index >= 15 is 0 Å². The average Bonchev–Trinajstić information content (AvgIpc) is 3.39. The van der Waals surface area contributed by atoms with Crippen molar-refractivity contribution in [2.24, 2.45) is 5.92 Å². The molecule has 6 nitrogen and oxygen atoms in total. The predicted molar refractivity (Wildman–Crippen MR) is 87.4 cm³/mol. The zero-order valence-corrected chi connectivity index (χ0v) is 13.4. The van der Waals surface area contributed by atoms with Crippen LogP contribution in [-0.4, -0.2) is 18.4 Å². The Bertz CT molecular complexity index is 792. The van der Waals surface area contributed by atoms with Crippen molar-refractivity contribution in [3.8, 4) is 5.75 Å². The molecule has 2 aliphatic rings. The third-order valence-electron chi connectivity index (χ3n) is 4.57. The number of amides is 2. The average molecular weight is 328 g/mol. The Labute approximate surface area is 139 Å². The Hall–Kier alpha value is -2.50. The van der Waals surface area contributed by atoms with Crippen molar-refractivity contribution in [3.05, 3.63) is 29.5 Å². The molecule has 2 N–H and O–H groups in total. The van der Waals surface area contributed by atoms with Crippen LogP contribution in [0.1, 0.15) is 37.0 Å². The number of ether oxygens (including phenoxy) is 1. The number of hydrazine groups is 1. The van der Waals surface area contributed by atoms with Gasteiger partial charge in [0.1, 0.15) is 17.1 Å². The van der Waals surface area contributed by atoms with Crippen molar-refractivity contribution in [1.82, 2.24) is 10.9 Å². The van der Waals surface area contributed by atoms with Gasteiger partial charge in [0.2, 0.25) is 5.91 Å². The van der Waals surface area contributed by atoms with Gasteiger partial charge in [-0.3, -0.25) is 20.4 Å². The van der Waals surface area contributed by atoms with E-state index in [1.165, 1.54) is 18.4 Å². The summed E-state index contributed by atoms with van der Waals surface area (Å²) in [6.45, 7) is -0.142. The summed E-state index contributed by atoms with van der Waals surface area (Å²) in [5, 5.41) is 1.07. The molecule has 126 valence electrons. The monoisotopic (exact) mass is 328 g/mol. The van der Waals surface area contributed by atoms with Crippen molar-refractivity contribution in [3.63, 3.8) is 0 Å². The SMILES string of the molecule is O=C(COc1ccc2oc3c(c2c1)CCCC3)NNC(=O)C1CC1. The molecule has 24 heavy (non-hydrogen) atoms. The normalized spacial score (nSPS) is 16.5. The van der Waals surface area contributed by atoms with E-state index < -0.39 is 0 Å². The molecule has 0 aliphatic heterocycles. The standard InChI is InChI=1S/C18H20N2O4/c21-17(19-20-18(22)11-5-6-11)10-23-12-7-8-16-14(9-12)13-3-1-2-4-15(13)24-16/h7-9,11H,1-6,10H2,(H,19,21)(H,20,22). The first-order chi connectivity index (χ1) is 11.7. The van der Waals surface area contributed by atoms with Crippen LogP contribution in [0.5, 0.6) is 5.75 Å². The van der Waals surface area contributed by atoms with Crippen molar-refractivity contribution in [2.45, 2.75) is 38.5 Å². The van der Waals surface area contributed by atoms with E-state index in [0.29, 0.717) is 5.75 Å². The van der Waals surface area contributed by atoms with Crippen LogP contribution in [0.15, 0.2) is 22.6 Å². The lowest BCUT2D eigenvalue weighted by atomic mass is 9.96. The molecule has 1 saturated carbocycles. The summed E-state index contributed by atoms with van der Waals surface area (Å²) in [7, 11) is 0. The first-order valence-corrected chi connectivity index (χ1v) is 8.46. The number of carbonyl (C=O) groups is 2. The molecule has 1 aromatic carbocycles. The first kappa shape index (κ1) is 15.1. The summed E-state index contributed by atoms with van der Waals surface area (Å²) >= 11 is 0. The van der Waals surface area contributed by atoms with Gasteiger partial charge in [0, 0.05) is 23.3 Å². The Morgan fingerprint density at radius 3 is 2.83 bits per heavy atom. The maximum Gasteiger partial charge on any atom is 0.276 e. The molecule has 1 heterocycles. The molecule has 0 saturated heterocycles. The first-order valence-electron chi connectivity index (χ1n) is 8.46. The molecular weight excluding hydrogens is 308 g/mol. The Kier molecular flexibility index (Phi) is 3.88. The number of carbonyl (C=O) groups excluding carboxylic acids is 2. The van der Waals surface area contributed by atoms with Gasteiger partial charge in [-0.05, 0) is 50.3 Å². The molecule has 1 fully saturated rings. The van der Waals surface area contributed by atoms with Gasteiger partial charge in [-0.15, -0.1) is 0 Å². The van der Waals surface area contributed by atoms with Gasteiger partial charge in [0.15, 0.2) is 6.61 Å². The highest BCUT2D eigenvalue weighted by Crippen LogP contribution is 2.33. The number of rotatable bonds is 4. The van der Waals surface area contributed by atoms with E-state index in [9.17, 15) is 9.59 Å². The van der Waals surface area contributed by atoms with E-state index in [0.717, 1.165) is 42.4 Å². The lowest BCUT2D eigenvalue weighted by molar-refractivity contribution is -0.130. The molecule has 0 unspecified atom stereocenters. The number of hydrogen-bond donors (Lipinski definition) is 2. The van der Waals surface area contributed by atoms with Gasteiger partial charge in [-0.25, -0.2) is 0 Å². The van der Waals surface area contributed by atoms with Crippen molar-refractivity contribution in [1.29, 1.82) is 0 Å². The molecule has 0 spiro atoms. The van der Waals surface area contributed by atoms with Crippen molar-refractivity contribution in [2.75, 3.05) is 6.61 Å². The van der Waals surface area contributed by atoms with E-state index in [-0.39, 0.29) is 24.3 Å². The molecule has 4 rings (SSSR count). The third kappa shape index (κ3) is 3.09. The zero-order valence-electron chi connectivity index (χ0n) is 13.4. The van der Waals surface area contributed by atoms with Crippen LogP contribution in [0.2, 0.25) is 0 Å². The Morgan fingerprint density at radius 1 is 1.17 bits per heavy atom. The van der Waals surface area contributed by atoms with Gasteiger partial charge in [0.25, 0.3) is 5.91 Å². The molecule has 2 aliphatic carbocycles. The van der Waals surface area contributed by atoms with E-state index in [1.807, 2.05) is 12.1 Å². The number of benzene rings is 1. The minimum Gasteiger partial charge on any atom is -0.484 e. The van der Waals surface area contributed by atoms with Crippen LogP contribution in [0.25, 0.3) is 11.0 Å². The number of furan rings is 1. The summed E-state index contributed by atoms with van der Waals surface area (Å²) in [6.07, 6.45) is 6.15. The number of aryl methyl sites for hydroxylation is 2. The fraction of sp³-hybridized carbons (Fsp3) is 0.444. The van der Waals surface area contributed by atoms with Crippen LogP contribution < -0.4 is 15.6 Å². The lowest BCUT2D eigenvalue weighted by Crippen LogP contribution is -2.44. The molecular formula is C18H20N2O4. The topological polar surface area (TPSA) is 80.6 Å². The molecule has 0 bridgehead atoms. The maximum absolute atomic E-state index is 11.7. The second-order valence-electron chi connectivity index (χ2n) is 6.47. The zero-order chi connectivity index (χ0) is 16.5. The Morgan fingerprint density at radius 2 is 2.00 bits per heavy atom. The maximum atomic E-state index is 11.7. The van der Waals surface area contributed by atoms with Crippen LogP contribution in [0.4, 0.5) is 0 Å². The van der Waals surface area contributed by atoms with Crippen molar-refractivity contribution < 1.29 is 18.7 Å². The number of nitrogens with one attached hydrogen (secondary N) is 2. The van der Waals surface area contributed by atoms with E-state index in [2.05, 4.69) is 10.9 Å². The molecule has 2 aromatic rings.